The molecule has 0 aliphatic rings. The molecular formula is C16H16Cl2N2O3S. The Labute approximate surface area is 151 Å². The van der Waals surface area contributed by atoms with Gasteiger partial charge < -0.3 is 5.32 Å². The Morgan fingerprint density at radius 2 is 1.50 bits per heavy atom. The first-order valence-corrected chi connectivity index (χ1v) is 9.32. The number of nitrogens with one attached hydrogen (secondary N) is 2. The molecule has 5 nitrogen and oxygen atoms in total. The third kappa shape index (κ3) is 5.21. The minimum atomic E-state index is -3.80. The van der Waals surface area contributed by atoms with Crippen LogP contribution < -0.4 is 10.0 Å². The topological polar surface area (TPSA) is 75.3 Å². The fraction of sp³-hybridized carbons (Fsp3) is 0.188. The van der Waals surface area contributed by atoms with Gasteiger partial charge >= 0.3 is 0 Å². The van der Waals surface area contributed by atoms with Crippen molar-refractivity contribution >= 4 is 39.1 Å². The second-order valence-electron chi connectivity index (χ2n) is 5.14. The lowest BCUT2D eigenvalue weighted by atomic mass is 10.2. The van der Waals surface area contributed by atoms with Crippen molar-refractivity contribution in [2.45, 2.75) is 24.4 Å². The summed E-state index contributed by atoms with van der Waals surface area (Å²) in [4.78, 5) is 12.1. The lowest BCUT2D eigenvalue weighted by Gasteiger charge is -2.14. The standard InChI is InChI=1S/C16H16Cl2N2O3S/c1-11(16(21)19-10-12-2-4-13(17)5-3-12)20-24(22,23)15-8-6-14(18)7-9-15/h2-9,11,20H,10H2,1H3,(H,19,21)/t11-/m0/s1. The van der Waals surface area contributed by atoms with Gasteiger partial charge in [-0.3, -0.25) is 4.79 Å². The summed E-state index contributed by atoms with van der Waals surface area (Å²) >= 11 is 11.5. The second kappa shape index (κ2) is 7.98. The van der Waals surface area contributed by atoms with Gasteiger partial charge in [0.2, 0.25) is 15.9 Å². The number of carbonyl (C=O) groups excluding carboxylic acids is 1. The summed E-state index contributed by atoms with van der Waals surface area (Å²) in [6.07, 6.45) is 0. The average molecular weight is 387 g/mol. The van der Waals surface area contributed by atoms with Gasteiger partial charge in [-0.2, -0.15) is 4.72 Å². The van der Waals surface area contributed by atoms with Crippen LogP contribution in [-0.4, -0.2) is 20.4 Å². The van der Waals surface area contributed by atoms with Crippen LogP contribution in [0.25, 0.3) is 0 Å². The van der Waals surface area contributed by atoms with E-state index in [0.29, 0.717) is 10.0 Å². The molecule has 0 aliphatic heterocycles. The van der Waals surface area contributed by atoms with Gasteiger partial charge in [-0.25, -0.2) is 8.42 Å². The Kier molecular flexibility index (Phi) is 6.23. The Bertz CT molecular complexity index is 806. The van der Waals surface area contributed by atoms with Crippen LogP contribution in [0.1, 0.15) is 12.5 Å². The van der Waals surface area contributed by atoms with Crippen molar-refractivity contribution in [2.75, 3.05) is 0 Å². The predicted molar refractivity (Wildman–Crippen MR) is 94.5 cm³/mol. The van der Waals surface area contributed by atoms with E-state index in [-0.39, 0.29) is 11.4 Å². The maximum absolute atomic E-state index is 12.2. The van der Waals surface area contributed by atoms with Crippen molar-refractivity contribution in [2.24, 2.45) is 0 Å². The van der Waals surface area contributed by atoms with Crippen LogP contribution in [0.2, 0.25) is 10.0 Å². The highest BCUT2D eigenvalue weighted by Crippen LogP contribution is 2.14. The predicted octanol–water partition coefficient (Wildman–Crippen LogP) is 2.98. The molecule has 128 valence electrons. The van der Waals surface area contributed by atoms with Crippen LogP contribution in [0.15, 0.2) is 53.4 Å². The molecule has 2 N–H and O–H groups in total. The van der Waals surface area contributed by atoms with Gasteiger partial charge in [0.15, 0.2) is 0 Å². The zero-order chi connectivity index (χ0) is 17.7. The van der Waals surface area contributed by atoms with Crippen molar-refractivity contribution < 1.29 is 13.2 Å². The normalized spacial score (nSPS) is 12.6. The van der Waals surface area contributed by atoms with Gasteiger partial charge in [-0.1, -0.05) is 35.3 Å². The summed E-state index contributed by atoms with van der Waals surface area (Å²) < 4.78 is 26.8. The van der Waals surface area contributed by atoms with Gasteiger partial charge in [0, 0.05) is 16.6 Å². The molecule has 1 amide bonds. The molecule has 2 aromatic carbocycles. The number of benzene rings is 2. The molecule has 0 spiro atoms. The molecule has 8 heteroatoms. The van der Waals surface area contributed by atoms with Crippen LogP contribution in [0.3, 0.4) is 0 Å². The molecule has 1 atom stereocenters. The number of amides is 1. The molecule has 0 fully saturated rings. The third-order valence-corrected chi connectivity index (χ3v) is 5.29. The number of hydrogen-bond donors (Lipinski definition) is 2. The van der Waals surface area contributed by atoms with Crippen molar-refractivity contribution in [3.63, 3.8) is 0 Å². The smallest absolute Gasteiger partial charge is 0.241 e. The maximum Gasteiger partial charge on any atom is 0.241 e. The Morgan fingerprint density at radius 1 is 1.00 bits per heavy atom. The van der Waals surface area contributed by atoms with E-state index >= 15 is 0 Å². The zero-order valence-electron chi connectivity index (χ0n) is 12.8. The number of sulfonamides is 1. The zero-order valence-corrected chi connectivity index (χ0v) is 15.1. The fourth-order valence-electron chi connectivity index (χ4n) is 1.91. The highest BCUT2D eigenvalue weighted by Gasteiger charge is 2.21. The highest BCUT2D eigenvalue weighted by atomic mass is 35.5. The summed E-state index contributed by atoms with van der Waals surface area (Å²) in [6.45, 7) is 1.76. The first-order chi connectivity index (χ1) is 11.3. The molecule has 0 heterocycles. The second-order valence-corrected chi connectivity index (χ2v) is 7.73. The number of carbonyl (C=O) groups is 1. The molecule has 0 saturated carbocycles. The highest BCUT2D eigenvalue weighted by molar-refractivity contribution is 7.89. The molecule has 0 aromatic heterocycles. The van der Waals surface area contributed by atoms with E-state index in [4.69, 9.17) is 23.2 Å². The van der Waals surface area contributed by atoms with Gasteiger partial charge in [0.05, 0.1) is 10.9 Å². The number of rotatable bonds is 6. The Morgan fingerprint density at radius 3 is 2.04 bits per heavy atom. The molecule has 24 heavy (non-hydrogen) atoms. The molecule has 0 radical (unpaired) electrons. The molecule has 0 bridgehead atoms. The number of hydrogen-bond acceptors (Lipinski definition) is 3. The van der Waals surface area contributed by atoms with Crippen LogP contribution in [0.5, 0.6) is 0 Å². The van der Waals surface area contributed by atoms with E-state index in [1.807, 2.05) is 0 Å². The van der Waals surface area contributed by atoms with E-state index < -0.39 is 22.0 Å². The van der Waals surface area contributed by atoms with E-state index in [0.717, 1.165) is 5.56 Å². The molecular weight excluding hydrogens is 371 g/mol. The van der Waals surface area contributed by atoms with E-state index in [2.05, 4.69) is 10.0 Å². The van der Waals surface area contributed by atoms with Crippen LogP contribution in [0.4, 0.5) is 0 Å². The third-order valence-electron chi connectivity index (χ3n) is 3.23. The largest absolute Gasteiger partial charge is 0.351 e. The lowest BCUT2D eigenvalue weighted by Crippen LogP contribution is -2.44. The van der Waals surface area contributed by atoms with Gasteiger partial charge in [0.1, 0.15) is 0 Å². The Balaban J connectivity index is 1.95. The molecule has 0 saturated heterocycles. The summed E-state index contributed by atoms with van der Waals surface area (Å²) in [5.41, 5.74) is 0.862. The Hall–Kier alpha value is -1.60. The lowest BCUT2D eigenvalue weighted by molar-refractivity contribution is -0.122. The first kappa shape index (κ1) is 18.7. The van der Waals surface area contributed by atoms with Crippen LogP contribution in [0, 0.1) is 0 Å². The van der Waals surface area contributed by atoms with Crippen molar-refractivity contribution in [3.8, 4) is 0 Å². The monoisotopic (exact) mass is 386 g/mol. The fourth-order valence-corrected chi connectivity index (χ4v) is 3.37. The average Bonchev–Trinajstić information content (AvgIpc) is 2.54. The van der Waals surface area contributed by atoms with Gasteiger partial charge in [-0.15, -0.1) is 0 Å². The molecule has 2 rings (SSSR count). The minimum Gasteiger partial charge on any atom is -0.351 e. The van der Waals surface area contributed by atoms with Crippen molar-refractivity contribution in [3.05, 3.63) is 64.1 Å². The van der Waals surface area contributed by atoms with Crippen LogP contribution in [-0.2, 0) is 21.4 Å². The van der Waals surface area contributed by atoms with Crippen LogP contribution >= 0.6 is 23.2 Å². The van der Waals surface area contributed by atoms with Crippen molar-refractivity contribution in [1.82, 2.24) is 10.0 Å². The van der Waals surface area contributed by atoms with Gasteiger partial charge in [-0.05, 0) is 48.9 Å². The van der Waals surface area contributed by atoms with E-state index in [9.17, 15) is 13.2 Å². The maximum atomic E-state index is 12.2. The summed E-state index contributed by atoms with van der Waals surface area (Å²) in [5, 5.41) is 3.71. The number of halogens is 2. The summed E-state index contributed by atoms with van der Waals surface area (Å²) in [5.74, 6) is -0.428. The van der Waals surface area contributed by atoms with E-state index in [1.165, 1.54) is 31.2 Å². The van der Waals surface area contributed by atoms with Crippen molar-refractivity contribution in [1.29, 1.82) is 0 Å². The summed E-state index contributed by atoms with van der Waals surface area (Å²) in [6, 6.07) is 11.8. The molecule has 0 unspecified atom stereocenters. The quantitative estimate of drug-likeness (QED) is 0.800. The minimum absolute atomic E-state index is 0.0456. The molecule has 0 aliphatic carbocycles. The first-order valence-electron chi connectivity index (χ1n) is 7.08. The van der Waals surface area contributed by atoms with E-state index in [1.54, 1.807) is 24.3 Å². The molecule has 2 aromatic rings. The summed E-state index contributed by atoms with van der Waals surface area (Å²) in [7, 11) is -3.80. The SMILES string of the molecule is C[C@H](NS(=O)(=O)c1ccc(Cl)cc1)C(=O)NCc1ccc(Cl)cc1. The van der Waals surface area contributed by atoms with Gasteiger partial charge in [0.25, 0.3) is 0 Å².